The fraction of sp³-hybridized carbons (Fsp3) is 0.286. The van der Waals surface area contributed by atoms with Gasteiger partial charge < -0.3 is 10.6 Å². The molecule has 0 bridgehead atoms. The second kappa shape index (κ2) is 7.53. The van der Waals surface area contributed by atoms with Gasteiger partial charge in [0, 0.05) is 35.0 Å². The first-order valence-electron chi connectivity index (χ1n) is 9.16. The summed E-state index contributed by atoms with van der Waals surface area (Å²) in [4.78, 5) is 21.1. The van der Waals surface area contributed by atoms with Crippen molar-refractivity contribution in [3.63, 3.8) is 0 Å². The van der Waals surface area contributed by atoms with Gasteiger partial charge in [-0.2, -0.15) is 0 Å². The molecule has 1 aliphatic carbocycles. The number of amides is 1. The average Bonchev–Trinajstić information content (AvgIpc) is 3.50. The van der Waals surface area contributed by atoms with Crippen LogP contribution in [0.25, 0.3) is 22.3 Å². The zero-order valence-corrected chi connectivity index (χ0v) is 15.9. The lowest BCUT2D eigenvalue weighted by atomic mass is 10.1. The molecule has 1 saturated carbocycles. The van der Waals surface area contributed by atoms with E-state index in [-0.39, 0.29) is 11.8 Å². The third-order valence-electron chi connectivity index (χ3n) is 4.63. The summed E-state index contributed by atoms with van der Waals surface area (Å²) in [5.41, 5.74) is 2.93. The fourth-order valence-electron chi connectivity index (χ4n) is 2.93. The highest BCUT2D eigenvalue weighted by Crippen LogP contribution is 2.29. The molecule has 138 valence electrons. The van der Waals surface area contributed by atoms with Crippen molar-refractivity contribution >= 4 is 34.2 Å². The number of hydrogen-bond acceptors (Lipinski definition) is 4. The van der Waals surface area contributed by atoms with E-state index in [0.717, 1.165) is 35.1 Å². The van der Waals surface area contributed by atoms with Crippen molar-refractivity contribution < 1.29 is 4.79 Å². The number of hydrogen-bond donors (Lipinski definition) is 2. The van der Waals surface area contributed by atoms with E-state index in [1.807, 2.05) is 49.4 Å². The maximum atomic E-state index is 11.8. The van der Waals surface area contributed by atoms with Gasteiger partial charge in [-0.05, 0) is 38.0 Å². The highest BCUT2D eigenvalue weighted by molar-refractivity contribution is 6.31. The summed E-state index contributed by atoms with van der Waals surface area (Å²) in [6, 6.07) is 13.7. The van der Waals surface area contributed by atoms with Crippen LogP contribution in [-0.4, -0.2) is 29.0 Å². The number of aromatic nitrogens is 2. The Morgan fingerprint density at radius 3 is 2.63 bits per heavy atom. The summed E-state index contributed by atoms with van der Waals surface area (Å²) < 4.78 is 0. The molecule has 2 N–H and O–H groups in total. The molecule has 1 heterocycles. The molecule has 0 atom stereocenters. The molecule has 1 fully saturated rings. The number of halogens is 1. The number of anilines is 1. The van der Waals surface area contributed by atoms with Crippen molar-refractivity contribution in [1.29, 1.82) is 0 Å². The SMILES string of the molecule is Cc1ccc(-c2nc(NCCNC(=O)C3CC3)c3ccc(Cl)cc3n2)cc1. The number of fused-ring (bicyclic) bond motifs is 1. The van der Waals surface area contributed by atoms with E-state index in [9.17, 15) is 4.79 Å². The van der Waals surface area contributed by atoms with Gasteiger partial charge >= 0.3 is 0 Å². The minimum Gasteiger partial charge on any atom is -0.368 e. The first kappa shape index (κ1) is 17.7. The number of nitrogens with one attached hydrogen (secondary N) is 2. The Hall–Kier alpha value is -2.66. The first-order chi connectivity index (χ1) is 13.1. The van der Waals surface area contributed by atoms with Crippen LogP contribution in [-0.2, 0) is 4.79 Å². The number of carbonyl (C=O) groups excluding carboxylic acids is 1. The number of carbonyl (C=O) groups is 1. The smallest absolute Gasteiger partial charge is 0.223 e. The zero-order valence-electron chi connectivity index (χ0n) is 15.1. The number of rotatable bonds is 6. The van der Waals surface area contributed by atoms with E-state index in [1.54, 1.807) is 0 Å². The number of benzene rings is 2. The Labute approximate surface area is 163 Å². The average molecular weight is 381 g/mol. The lowest BCUT2D eigenvalue weighted by molar-refractivity contribution is -0.122. The van der Waals surface area contributed by atoms with Crippen LogP contribution in [0.5, 0.6) is 0 Å². The van der Waals surface area contributed by atoms with Gasteiger partial charge in [0.15, 0.2) is 5.82 Å². The minimum atomic E-state index is 0.150. The number of nitrogens with zero attached hydrogens (tertiary/aromatic N) is 2. The topological polar surface area (TPSA) is 66.9 Å². The van der Waals surface area contributed by atoms with Gasteiger partial charge in [-0.25, -0.2) is 9.97 Å². The summed E-state index contributed by atoms with van der Waals surface area (Å²) in [6.45, 7) is 3.21. The molecule has 4 rings (SSSR count). The standard InChI is InChI=1S/C21H21ClN4O/c1-13-2-4-14(5-3-13)19-25-18-12-16(22)8-9-17(18)20(26-19)23-10-11-24-21(27)15-6-7-15/h2-5,8-9,12,15H,6-7,10-11H2,1H3,(H,24,27)(H,23,25,26). The second-order valence-corrected chi connectivity index (χ2v) is 7.35. The van der Waals surface area contributed by atoms with E-state index in [1.165, 1.54) is 5.56 Å². The predicted molar refractivity (Wildman–Crippen MR) is 109 cm³/mol. The molecule has 27 heavy (non-hydrogen) atoms. The molecule has 0 unspecified atom stereocenters. The monoisotopic (exact) mass is 380 g/mol. The van der Waals surface area contributed by atoms with Crippen molar-refractivity contribution in [2.75, 3.05) is 18.4 Å². The van der Waals surface area contributed by atoms with Gasteiger partial charge in [-0.1, -0.05) is 41.4 Å². The van der Waals surface area contributed by atoms with Gasteiger partial charge in [0.05, 0.1) is 5.52 Å². The van der Waals surface area contributed by atoms with Gasteiger partial charge in [-0.15, -0.1) is 0 Å². The summed E-state index contributed by atoms with van der Waals surface area (Å²) in [7, 11) is 0. The molecule has 0 spiro atoms. The molecule has 2 aromatic carbocycles. The van der Waals surface area contributed by atoms with Crippen LogP contribution in [0.3, 0.4) is 0 Å². The maximum absolute atomic E-state index is 11.8. The Bertz CT molecular complexity index is 983. The Kier molecular flexibility index (Phi) is 4.94. The molecule has 1 aliphatic rings. The van der Waals surface area contributed by atoms with Crippen LogP contribution < -0.4 is 10.6 Å². The molecular weight excluding hydrogens is 360 g/mol. The molecule has 0 aliphatic heterocycles. The highest BCUT2D eigenvalue weighted by Gasteiger charge is 2.28. The van der Waals surface area contributed by atoms with Crippen LogP contribution in [0.15, 0.2) is 42.5 Å². The molecular formula is C21H21ClN4O. The minimum absolute atomic E-state index is 0.150. The summed E-state index contributed by atoms with van der Waals surface area (Å²) >= 11 is 6.16. The van der Waals surface area contributed by atoms with Gasteiger partial charge in [0.1, 0.15) is 5.82 Å². The van der Waals surface area contributed by atoms with E-state index in [4.69, 9.17) is 16.6 Å². The van der Waals surface area contributed by atoms with E-state index in [0.29, 0.717) is 23.9 Å². The third-order valence-corrected chi connectivity index (χ3v) is 4.87. The summed E-state index contributed by atoms with van der Waals surface area (Å²) in [5, 5.41) is 7.84. The van der Waals surface area contributed by atoms with Crippen molar-refractivity contribution in [3.05, 3.63) is 53.1 Å². The second-order valence-electron chi connectivity index (χ2n) is 6.92. The molecule has 1 aromatic heterocycles. The van der Waals surface area contributed by atoms with Crippen molar-refractivity contribution in [3.8, 4) is 11.4 Å². The van der Waals surface area contributed by atoms with Gasteiger partial charge in [0.2, 0.25) is 5.91 Å². The lowest BCUT2D eigenvalue weighted by Crippen LogP contribution is -2.30. The van der Waals surface area contributed by atoms with E-state index >= 15 is 0 Å². The Morgan fingerprint density at radius 1 is 1.11 bits per heavy atom. The van der Waals surface area contributed by atoms with Gasteiger partial charge in [-0.3, -0.25) is 4.79 Å². The molecule has 1 amide bonds. The lowest BCUT2D eigenvalue weighted by Gasteiger charge is -2.12. The molecule has 3 aromatic rings. The Morgan fingerprint density at radius 2 is 1.89 bits per heavy atom. The summed E-state index contributed by atoms with van der Waals surface area (Å²) in [5.74, 6) is 1.76. The normalized spacial score (nSPS) is 13.6. The van der Waals surface area contributed by atoms with Crippen LogP contribution >= 0.6 is 11.6 Å². The van der Waals surface area contributed by atoms with Crippen LogP contribution in [0.4, 0.5) is 5.82 Å². The largest absolute Gasteiger partial charge is 0.368 e. The molecule has 0 saturated heterocycles. The summed E-state index contributed by atoms with van der Waals surface area (Å²) in [6.07, 6.45) is 2.02. The fourth-order valence-corrected chi connectivity index (χ4v) is 3.09. The van der Waals surface area contributed by atoms with Crippen molar-refractivity contribution in [2.45, 2.75) is 19.8 Å². The first-order valence-corrected chi connectivity index (χ1v) is 9.54. The van der Waals surface area contributed by atoms with Crippen LogP contribution in [0, 0.1) is 12.8 Å². The predicted octanol–water partition coefficient (Wildman–Crippen LogP) is 4.20. The maximum Gasteiger partial charge on any atom is 0.223 e. The Balaban J connectivity index is 1.58. The molecule has 6 heteroatoms. The van der Waals surface area contributed by atoms with E-state index in [2.05, 4.69) is 15.6 Å². The third kappa shape index (κ3) is 4.19. The quantitative estimate of drug-likeness (QED) is 0.629. The number of aryl methyl sites for hydroxylation is 1. The van der Waals surface area contributed by atoms with Crippen molar-refractivity contribution in [1.82, 2.24) is 15.3 Å². The highest BCUT2D eigenvalue weighted by atomic mass is 35.5. The zero-order chi connectivity index (χ0) is 18.8. The van der Waals surface area contributed by atoms with Gasteiger partial charge in [0.25, 0.3) is 0 Å². The van der Waals surface area contributed by atoms with E-state index < -0.39 is 0 Å². The van der Waals surface area contributed by atoms with Crippen LogP contribution in [0.1, 0.15) is 18.4 Å². The van der Waals surface area contributed by atoms with Crippen molar-refractivity contribution in [2.24, 2.45) is 5.92 Å². The van der Waals surface area contributed by atoms with Crippen LogP contribution in [0.2, 0.25) is 5.02 Å². The molecule has 5 nitrogen and oxygen atoms in total. The molecule has 0 radical (unpaired) electrons.